The average Bonchev–Trinajstić information content (AvgIpc) is 2.33. The monoisotopic (exact) mass is 249 g/mol. The summed E-state index contributed by atoms with van der Waals surface area (Å²) in [5.41, 5.74) is 0.732. The first-order chi connectivity index (χ1) is 8.16. The van der Waals surface area contributed by atoms with Gasteiger partial charge in [-0.3, -0.25) is 4.79 Å². The van der Waals surface area contributed by atoms with Gasteiger partial charge in [-0.2, -0.15) is 0 Å². The molecule has 2 aromatic rings. The maximum absolute atomic E-state index is 11.7. The minimum Gasteiger partial charge on any atom is -0.483 e. The van der Waals surface area contributed by atoms with Crippen LogP contribution in [0, 0.1) is 0 Å². The summed E-state index contributed by atoms with van der Waals surface area (Å²) in [4.78, 5) is 11.7. The molecule has 0 bridgehead atoms. The Morgan fingerprint density at radius 3 is 2.65 bits per heavy atom. The summed E-state index contributed by atoms with van der Waals surface area (Å²) in [5, 5.41) is 0.165. The quantitative estimate of drug-likeness (QED) is 0.837. The minimum atomic E-state index is -0.277. The fourth-order valence-electron chi connectivity index (χ4n) is 1.47. The van der Waals surface area contributed by atoms with Crippen molar-refractivity contribution in [3.05, 3.63) is 63.5 Å². The van der Waals surface area contributed by atoms with Crippen LogP contribution in [0.5, 0.6) is 5.75 Å². The Labute approximate surface area is 104 Å². The smallest absolute Gasteiger partial charge is 0.241 e. The molecule has 0 fully saturated rings. The molecule has 0 unspecified atom stereocenters. The van der Waals surface area contributed by atoms with E-state index in [9.17, 15) is 4.79 Å². The molecular weight excluding hydrogens is 238 g/mol. The molecule has 3 nitrogen and oxygen atoms in total. The number of nitrogens with zero attached hydrogens (tertiary/aromatic N) is 1. The lowest BCUT2D eigenvalue weighted by Gasteiger charge is -2.07. The zero-order valence-corrected chi connectivity index (χ0v) is 10.1. The van der Waals surface area contributed by atoms with Crippen LogP contribution in [-0.2, 0) is 13.7 Å². The zero-order valence-electron chi connectivity index (χ0n) is 9.39. The van der Waals surface area contributed by atoms with Crippen molar-refractivity contribution >= 4 is 11.6 Å². The van der Waals surface area contributed by atoms with E-state index in [-0.39, 0.29) is 16.2 Å². The van der Waals surface area contributed by atoms with E-state index in [1.54, 1.807) is 24.0 Å². The molecule has 1 aromatic heterocycles. The van der Waals surface area contributed by atoms with Crippen LogP contribution < -0.4 is 10.2 Å². The highest BCUT2D eigenvalue weighted by Crippen LogP contribution is 2.11. The molecule has 0 saturated heterocycles. The highest BCUT2D eigenvalue weighted by atomic mass is 35.5. The van der Waals surface area contributed by atoms with Crippen molar-refractivity contribution in [1.29, 1.82) is 0 Å². The fraction of sp³-hybridized carbons (Fsp3) is 0.154. The van der Waals surface area contributed by atoms with Crippen molar-refractivity contribution in [3.8, 4) is 5.75 Å². The van der Waals surface area contributed by atoms with E-state index >= 15 is 0 Å². The molecule has 0 saturated carbocycles. The van der Waals surface area contributed by atoms with Gasteiger partial charge in [0.2, 0.25) is 5.43 Å². The zero-order chi connectivity index (χ0) is 12.3. The van der Waals surface area contributed by atoms with Gasteiger partial charge in [0.1, 0.15) is 11.6 Å². The van der Waals surface area contributed by atoms with Gasteiger partial charge in [0.25, 0.3) is 0 Å². The molecule has 0 atom stereocenters. The van der Waals surface area contributed by atoms with Gasteiger partial charge in [-0.25, -0.2) is 0 Å². The molecule has 2 rings (SSSR count). The van der Waals surface area contributed by atoms with E-state index in [1.165, 1.54) is 0 Å². The van der Waals surface area contributed by atoms with Crippen LogP contribution in [0.4, 0.5) is 0 Å². The Kier molecular flexibility index (Phi) is 3.49. The topological polar surface area (TPSA) is 31.2 Å². The first kappa shape index (κ1) is 11.7. The fourth-order valence-corrected chi connectivity index (χ4v) is 1.72. The van der Waals surface area contributed by atoms with Crippen LogP contribution >= 0.6 is 11.6 Å². The number of hydrogen-bond donors (Lipinski definition) is 0. The highest BCUT2D eigenvalue weighted by molar-refractivity contribution is 6.30. The normalized spacial score (nSPS) is 10.2. The van der Waals surface area contributed by atoms with Crippen LogP contribution in [0.15, 0.2) is 47.5 Å². The molecule has 1 heterocycles. The summed E-state index contributed by atoms with van der Waals surface area (Å²) in [5.74, 6) is 0.267. The van der Waals surface area contributed by atoms with Crippen LogP contribution in [-0.4, -0.2) is 4.57 Å². The summed E-state index contributed by atoms with van der Waals surface area (Å²) in [6, 6.07) is 9.66. The summed E-state index contributed by atoms with van der Waals surface area (Å²) >= 11 is 5.79. The van der Waals surface area contributed by atoms with E-state index in [0.29, 0.717) is 6.61 Å². The Hall–Kier alpha value is -1.74. The number of rotatable bonds is 3. The van der Waals surface area contributed by atoms with Gasteiger partial charge in [-0.1, -0.05) is 41.9 Å². The lowest BCUT2D eigenvalue weighted by Crippen LogP contribution is -2.11. The van der Waals surface area contributed by atoms with E-state index < -0.39 is 0 Å². The maximum atomic E-state index is 11.7. The molecule has 17 heavy (non-hydrogen) atoms. The van der Waals surface area contributed by atoms with Crippen LogP contribution in [0.1, 0.15) is 5.56 Å². The van der Waals surface area contributed by atoms with Gasteiger partial charge in [-0.05, 0) is 5.56 Å². The van der Waals surface area contributed by atoms with Crippen molar-refractivity contribution in [2.24, 2.45) is 7.05 Å². The second kappa shape index (κ2) is 5.06. The summed E-state index contributed by atoms with van der Waals surface area (Å²) in [7, 11) is 1.79. The van der Waals surface area contributed by atoms with Crippen LogP contribution in [0.25, 0.3) is 0 Å². The molecule has 0 amide bonds. The Morgan fingerprint density at radius 2 is 1.94 bits per heavy atom. The van der Waals surface area contributed by atoms with E-state index in [1.807, 2.05) is 30.3 Å². The van der Waals surface area contributed by atoms with Gasteiger partial charge in [0.05, 0.1) is 0 Å². The molecule has 0 radical (unpaired) electrons. The SMILES string of the molecule is Cn1cc(Cl)c(=O)c(OCc2ccccc2)c1. The predicted molar refractivity (Wildman–Crippen MR) is 67.5 cm³/mol. The molecule has 0 spiro atoms. The van der Waals surface area contributed by atoms with Crippen molar-refractivity contribution in [2.45, 2.75) is 6.61 Å². The second-order valence-corrected chi connectivity index (χ2v) is 4.15. The summed E-state index contributed by atoms with van der Waals surface area (Å²) in [6.07, 6.45) is 3.18. The van der Waals surface area contributed by atoms with Crippen molar-refractivity contribution in [1.82, 2.24) is 4.57 Å². The Morgan fingerprint density at radius 1 is 1.24 bits per heavy atom. The average molecular weight is 250 g/mol. The minimum absolute atomic E-state index is 0.165. The number of halogens is 1. The molecule has 0 aliphatic rings. The first-order valence-electron chi connectivity index (χ1n) is 5.19. The number of benzene rings is 1. The maximum Gasteiger partial charge on any atom is 0.241 e. The molecular formula is C13H12ClNO2. The van der Waals surface area contributed by atoms with Crippen molar-refractivity contribution in [3.63, 3.8) is 0 Å². The third-order valence-corrected chi connectivity index (χ3v) is 2.58. The third kappa shape index (κ3) is 2.88. The number of aromatic nitrogens is 1. The molecule has 0 N–H and O–H groups in total. The number of aryl methyl sites for hydroxylation is 1. The third-order valence-electron chi connectivity index (χ3n) is 2.32. The lowest BCUT2D eigenvalue weighted by atomic mass is 10.2. The number of ether oxygens (including phenoxy) is 1. The van der Waals surface area contributed by atoms with Crippen molar-refractivity contribution in [2.75, 3.05) is 0 Å². The molecule has 4 heteroatoms. The Bertz CT molecular complexity index is 563. The molecule has 88 valence electrons. The van der Waals surface area contributed by atoms with Crippen LogP contribution in [0.2, 0.25) is 5.02 Å². The largest absolute Gasteiger partial charge is 0.483 e. The van der Waals surface area contributed by atoms with E-state index in [2.05, 4.69) is 0 Å². The van der Waals surface area contributed by atoms with Gasteiger partial charge in [0, 0.05) is 19.4 Å². The molecule has 0 aliphatic heterocycles. The molecule has 1 aromatic carbocycles. The van der Waals surface area contributed by atoms with E-state index in [4.69, 9.17) is 16.3 Å². The summed E-state index contributed by atoms with van der Waals surface area (Å²) in [6.45, 7) is 0.358. The number of hydrogen-bond acceptors (Lipinski definition) is 2. The van der Waals surface area contributed by atoms with Crippen molar-refractivity contribution < 1.29 is 4.74 Å². The summed E-state index contributed by atoms with van der Waals surface area (Å²) < 4.78 is 7.17. The second-order valence-electron chi connectivity index (χ2n) is 3.74. The van der Waals surface area contributed by atoms with Gasteiger partial charge < -0.3 is 9.30 Å². The predicted octanol–water partition coefficient (Wildman–Crippen LogP) is 2.62. The van der Waals surface area contributed by atoms with Gasteiger partial charge >= 0.3 is 0 Å². The highest BCUT2D eigenvalue weighted by Gasteiger charge is 2.05. The first-order valence-corrected chi connectivity index (χ1v) is 5.57. The Balaban J connectivity index is 2.17. The number of pyridine rings is 1. The standard InChI is InChI=1S/C13H12ClNO2/c1-15-7-11(14)13(16)12(8-15)17-9-10-5-3-2-4-6-10/h2-8H,9H2,1H3. The lowest BCUT2D eigenvalue weighted by molar-refractivity contribution is 0.301. The van der Waals surface area contributed by atoms with Crippen LogP contribution in [0.3, 0.4) is 0 Å². The molecule has 0 aliphatic carbocycles. The van der Waals surface area contributed by atoms with Gasteiger partial charge in [-0.15, -0.1) is 0 Å². The van der Waals surface area contributed by atoms with E-state index in [0.717, 1.165) is 5.56 Å². The van der Waals surface area contributed by atoms with Gasteiger partial charge in [0.15, 0.2) is 5.75 Å².